The Hall–Kier alpha value is -0.0800. The molecule has 114 valence electrons. The first-order chi connectivity index (χ1) is 9.51. The number of hydrogen-bond acceptors (Lipinski definition) is 5. The van der Waals surface area contributed by atoms with Gasteiger partial charge >= 0.3 is 0 Å². The van der Waals surface area contributed by atoms with Gasteiger partial charge in [-0.05, 0) is 44.3 Å². The number of thioether (sulfide) groups is 1. The topological polar surface area (TPSA) is 58.2 Å². The van der Waals surface area contributed by atoms with E-state index in [0.29, 0.717) is 10.9 Å². The minimum Gasteiger partial charge on any atom is -0.309 e. The molecular formula is C13H22N2O2S3. The molecule has 1 atom stereocenters. The zero-order chi connectivity index (χ0) is 14.6. The normalized spacial score (nSPS) is 17.3. The minimum atomic E-state index is -3.37. The lowest BCUT2D eigenvalue weighted by molar-refractivity contribution is 0.557. The fraction of sp³-hybridized carbons (Fsp3) is 0.692. The van der Waals surface area contributed by atoms with Gasteiger partial charge in [-0.15, -0.1) is 11.3 Å². The van der Waals surface area contributed by atoms with Crippen LogP contribution in [0.4, 0.5) is 0 Å². The van der Waals surface area contributed by atoms with Crippen LogP contribution in [0, 0.1) is 0 Å². The lowest BCUT2D eigenvalue weighted by Gasteiger charge is -2.12. The Labute approximate surface area is 129 Å². The molecule has 2 rings (SSSR count). The molecule has 0 bridgehead atoms. The summed E-state index contributed by atoms with van der Waals surface area (Å²) < 4.78 is 27.2. The van der Waals surface area contributed by atoms with Crippen molar-refractivity contribution in [2.45, 2.75) is 49.7 Å². The second-order valence-corrected chi connectivity index (χ2v) is 8.90. The molecule has 1 aromatic heterocycles. The Morgan fingerprint density at radius 1 is 1.50 bits per heavy atom. The van der Waals surface area contributed by atoms with Crippen LogP contribution in [0.2, 0.25) is 0 Å². The summed E-state index contributed by atoms with van der Waals surface area (Å²) in [5, 5.41) is 5.13. The van der Waals surface area contributed by atoms with Gasteiger partial charge in [0.2, 0.25) is 10.0 Å². The van der Waals surface area contributed by atoms with Gasteiger partial charge in [-0.25, -0.2) is 13.1 Å². The third kappa shape index (κ3) is 5.04. The van der Waals surface area contributed by atoms with Crippen molar-refractivity contribution in [3.8, 4) is 0 Å². The van der Waals surface area contributed by atoms with Crippen molar-refractivity contribution >= 4 is 33.1 Å². The smallest absolute Gasteiger partial charge is 0.241 e. The third-order valence-electron chi connectivity index (χ3n) is 3.19. The fourth-order valence-corrected chi connectivity index (χ4v) is 4.91. The van der Waals surface area contributed by atoms with Gasteiger partial charge < -0.3 is 5.32 Å². The predicted octanol–water partition coefficient (Wildman–Crippen LogP) is 2.42. The van der Waals surface area contributed by atoms with Gasteiger partial charge in [-0.3, -0.25) is 0 Å². The Bertz CT molecular complexity index is 523. The van der Waals surface area contributed by atoms with E-state index in [4.69, 9.17) is 0 Å². The summed E-state index contributed by atoms with van der Waals surface area (Å²) in [7, 11) is -3.37. The van der Waals surface area contributed by atoms with Crippen LogP contribution < -0.4 is 10.0 Å². The van der Waals surface area contributed by atoms with Crippen LogP contribution >= 0.6 is 23.1 Å². The monoisotopic (exact) mass is 334 g/mol. The van der Waals surface area contributed by atoms with E-state index in [1.807, 2.05) is 13.2 Å². The van der Waals surface area contributed by atoms with E-state index < -0.39 is 10.0 Å². The molecular weight excluding hydrogens is 312 g/mol. The van der Waals surface area contributed by atoms with Crippen molar-refractivity contribution < 1.29 is 8.42 Å². The van der Waals surface area contributed by atoms with Crippen molar-refractivity contribution in [2.75, 3.05) is 12.0 Å². The largest absolute Gasteiger partial charge is 0.309 e. The third-order valence-corrected chi connectivity index (χ3v) is 6.49. The van der Waals surface area contributed by atoms with E-state index in [9.17, 15) is 8.42 Å². The molecule has 1 fully saturated rings. The highest BCUT2D eigenvalue weighted by molar-refractivity contribution is 7.98. The Kier molecular flexibility index (Phi) is 5.92. The molecule has 0 amide bonds. The van der Waals surface area contributed by atoms with E-state index in [0.717, 1.165) is 23.6 Å². The van der Waals surface area contributed by atoms with Crippen molar-refractivity contribution in [1.29, 1.82) is 0 Å². The first-order valence-corrected chi connectivity index (χ1v) is 10.6. The van der Waals surface area contributed by atoms with E-state index >= 15 is 0 Å². The van der Waals surface area contributed by atoms with Crippen LogP contribution in [-0.2, 0) is 16.6 Å². The summed E-state index contributed by atoms with van der Waals surface area (Å²) in [5.41, 5.74) is 0. The summed E-state index contributed by atoms with van der Waals surface area (Å²) >= 11 is 3.24. The maximum Gasteiger partial charge on any atom is 0.241 e. The van der Waals surface area contributed by atoms with Gasteiger partial charge in [-0.1, -0.05) is 0 Å². The number of hydrogen-bond donors (Lipinski definition) is 2. The maximum atomic E-state index is 12.2. The minimum absolute atomic E-state index is 0.0274. The predicted molar refractivity (Wildman–Crippen MR) is 87.0 cm³/mol. The van der Waals surface area contributed by atoms with Gasteiger partial charge in [0.1, 0.15) is 0 Å². The van der Waals surface area contributed by atoms with Crippen LogP contribution in [0.25, 0.3) is 0 Å². The molecule has 7 heteroatoms. The molecule has 1 heterocycles. The summed E-state index contributed by atoms with van der Waals surface area (Å²) in [4.78, 5) is 1.47. The second kappa shape index (κ2) is 7.26. The summed E-state index contributed by atoms with van der Waals surface area (Å²) in [6.45, 7) is 2.68. The number of sulfonamides is 1. The molecule has 20 heavy (non-hydrogen) atoms. The molecule has 0 aromatic carbocycles. The lowest BCUT2D eigenvalue weighted by Crippen LogP contribution is -2.32. The summed E-state index contributed by atoms with van der Waals surface area (Å²) in [5.74, 6) is 0.962. The van der Waals surface area contributed by atoms with Crippen molar-refractivity contribution in [3.05, 3.63) is 16.3 Å². The number of rotatable bonds is 9. The molecule has 1 aliphatic rings. The maximum absolute atomic E-state index is 12.2. The van der Waals surface area contributed by atoms with Crippen LogP contribution in [0.1, 0.15) is 31.1 Å². The highest BCUT2D eigenvalue weighted by Crippen LogP contribution is 2.23. The first-order valence-electron chi connectivity index (χ1n) is 6.83. The average molecular weight is 335 g/mol. The molecule has 1 unspecified atom stereocenters. The van der Waals surface area contributed by atoms with Crippen LogP contribution in [0.15, 0.2) is 16.3 Å². The summed E-state index contributed by atoms with van der Waals surface area (Å²) in [6.07, 6.45) is 5.36. The Morgan fingerprint density at radius 3 is 2.90 bits per heavy atom. The van der Waals surface area contributed by atoms with Crippen molar-refractivity contribution in [3.63, 3.8) is 0 Å². The molecule has 0 radical (unpaired) electrons. The zero-order valence-corrected chi connectivity index (χ0v) is 14.3. The average Bonchev–Trinajstić information content (AvgIpc) is 3.09. The molecule has 0 saturated heterocycles. The molecule has 1 aliphatic carbocycles. The Balaban J connectivity index is 1.90. The van der Waals surface area contributed by atoms with E-state index in [1.165, 1.54) is 24.2 Å². The zero-order valence-electron chi connectivity index (χ0n) is 11.9. The molecule has 0 spiro atoms. The highest BCUT2D eigenvalue weighted by Gasteiger charge is 2.22. The molecule has 1 aromatic rings. The van der Waals surface area contributed by atoms with Crippen LogP contribution in [-0.4, -0.2) is 32.5 Å². The number of nitrogens with one attached hydrogen (secondary N) is 2. The highest BCUT2D eigenvalue weighted by atomic mass is 32.2. The first kappa shape index (κ1) is 16.3. The van der Waals surface area contributed by atoms with Crippen molar-refractivity contribution in [1.82, 2.24) is 10.0 Å². The van der Waals surface area contributed by atoms with Gasteiger partial charge in [-0.2, -0.15) is 11.8 Å². The van der Waals surface area contributed by atoms with Gasteiger partial charge in [0.05, 0.1) is 4.90 Å². The molecule has 0 aliphatic heterocycles. The lowest BCUT2D eigenvalue weighted by atomic mass is 10.3. The Morgan fingerprint density at radius 2 is 2.25 bits per heavy atom. The fourth-order valence-electron chi connectivity index (χ4n) is 1.81. The molecule has 1 saturated carbocycles. The standard InChI is InChI=1S/C13H22N2O2S3/c1-10(5-6-18-2)15-20(16,17)13-7-12(19-9-13)8-14-11-3-4-11/h7,9-11,14-15H,3-6,8H2,1-2H3. The SMILES string of the molecule is CSCCC(C)NS(=O)(=O)c1csc(CNC2CC2)c1. The second-order valence-electron chi connectivity index (χ2n) is 5.21. The number of thiophene rings is 1. The molecule has 2 N–H and O–H groups in total. The molecule has 4 nitrogen and oxygen atoms in total. The van der Waals surface area contributed by atoms with Crippen LogP contribution in [0.3, 0.4) is 0 Å². The van der Waals surface area contributed by atoms with E-state index in [-0.39, 0.29) is 6.04 Å². The quantitative estimate of drug-likeness (QED) is 0.728. The van der Waals surface area contributed by atoms with Crippen LogP contribution in [0.5, 0.6) is 0 Å². The van der Waals surface area contributed by atoms with E-state index in [2.05, 4.69) is 10.0 Å². The van der Waals surface area contributed by atoms with Gasteiger partial charge in [0, 0.05) is 28.9 Å². The van der Waals surface area contributed by atoms with E-state index in [1.54, 1.807) is 23.2 Å². The van der Waals surface area contributed by atoms with Gasteiger partial charge in [0.25, 0.3) is 0 Å². The van der Waals surface area contributed by atoms with Gasteiger partial charge in [0.15, 0.2) is 0 Å². The summed E-state index contributed by atoms with van der Waals surface area (Å²) in [6, 6.07) is 2.39. The van der Waals surface area contributed by atoms with Crippen molar-refractivity contribution in [2.24, 2.45) is 0 Å².